The summed E-state index contributed by atoms with van der Waals surface area (Å²) in [6.45, 7) is 3.03. The molecule has 0 saturated heterocycles. The summed E-state index contributed by atoms with van der Waals surface area (Å²) in [5.41, 5.74) is 1.17. The molecule has 3 nitrogen and oxygen atoms in total. The highest BCUT2D eigenvalue weighted by molar-refractivity contribution is 5.48. The summed E-state index contributed by atoms with van der Waals surface area (Å²) in [4.78, 5) is 10.2. The van der Waals surface area contributed by atoms with Gasteiger partial charge in [0.2, 0.25) is 0 Å². The first-order valence-corrected chi connectivity index (χ1v) is 13.3. The van der Waals surface area contributed by atoms with Crippen LogP contribution in [0.4, 0.5) is 0 Å². The van der Waals surface area contributed by atoms with Crippen LogP contribution in [0.5, 0.6) is 0 Å². The quantitative estimate of drug-likeness (QED) is 0.0714. The Hall–Kier alpha value is -1.71. The van der Waals surface area contributed by atoms with E-state index >= 15 is 0 Å². The van der Waals surface area contributed by atoms with Gasteiger partial charge in [0.25, 0.3) is 0 Å². The zero-order chi connectivity index (χ0) is 23.7. The molecule has 0 heterocycles. The fourth-order valence-corrected chi connectivity index (χ4v) is 3.70. The van der Waals surface area contributed by atoms with E-state index in [1.807, 2.05) is 18.2 Å². The molecular formula is C30H48O3. The molecule has 1 rings (SSSR count). The summed E-state index contributed by atoms with van der Waals surface area (Å²) in [7, 11) is 0. The van der Waals surface area contributed by atoms with Gasteiger partial charge in [-0.3, -0.25) is 0 Å². The first kappa shape index (κ1) is 29.3. The number of hydrogen-bond acceptors (Lipinski definition) is 3. The van der Waals surface area contributed by atoms with Crippen molar-refractivity contribution in [2.45, 2.75) is 116 Å². The number of carbonyl (C=O) groups is 1. The van der Waals surface area contributed by atoms with Gasteiger partial charge < -0.3 is 14.3 Å². The Labute approximate surface area is 203 Å². The van der Waals surface area contributed by atoms with Crippen molar-refractivity contribution in [3.8, 4) is 0 Å². The van der Waals surface area contributed by atoms with Crippen LogP contribution < -0.4 is 0 Å². The number of allylic oxidation sites excluding steroid dienone is 3. The molecule has 0 aliphatic carbocycles. The maximum absolute atomic E-state index is 10.2. The zero-order valence-electron chi connectivity index (χ0n) is 21.1. The Kier molecular flexibility index (Phi) is 20.8. The van der Waals surface area contributed by atoms with Crippen molar-refractivity contribution in [2.24, 2.45) is 0 Å². The van der Waals surface area contributed by atoms with E-state index in [0.29, 0.717) is 13.4 Å². The van der Waals surface area contributed by atoms with Crippen molar-refractivity contribution >= 4 is 6.29 Å². The third-order valence-electron chi connectivity index (χ3n) is 5.79. The molecule has 186 valence electrons. The summed E-state index contributed by atoms with van der Waals surface area (Å²) >= 11 is 0. The van der Waals surface area contributed by atoms with Crippen molar-refractivity contribution < 1.29 is 14.3 Å². The van der Waals surface area contributed by atoms with Gasteiger partial charge in [0.15, 0.2) is 0 Å². The molecule has 0 spiro atoms. The van der Waals surface area contributed by atoms with Crippen LogP contribution >= 0.6 is 0 Å². The summed E-state index contributed by atoms with van der Waals surface area (Å²) in [5, 5.41) is 0. The van der Waals surface area contributed by atoms with Crippen LogP contribution in [-0.4, -0.2) is 19.2 Å². The molecule has 0 saturated carbocycles. The highest BCUT2D eigenvalue weighted by Crippen LogP contribution is 2.12. The van der Waals surface area contributed by atoms with E-state index in [1.165, 1.54) is 69.8 Å². The fourth-order valence-electron chi connectivity index (χ4n) is 3.70. The Morgan fingerprint density at radius 3 is 1.88 bits per heavy atom. The molecule has 0 aliphatic heterocycles. The van der Waals surface area contributed by atoms with Gasteiger partial charge in [-0.2, -0.15) is 0 Å². The van der Waals surface area contributed by atoms with E-state index in [9.17, 15) is 4.79 Å². The predicted molar refractivity (Wildman–Crippen MR) is 140 cm³/mol. The van der Waals surface area contributed by atoms with Crippen molar-refractivity contribution in [1.29, 1.82) is 0 Å². The van der Waals surface area contributed by atoms with Gasteiger partial charge in [-0.05, 0) is 51.0 Å². The molecule has 1 aromatic rings. The van der Waals surface area contributed by atoms with Crippen LogP contribution in [0.15, 0.2) is 54.6 Å². The Morgan fingerprint density at radius 1 is 0.697 bits per heavy atom. The Bertz CT molecular complexity index is 594. The van der Waals surface area contributed by atoms with Crippen LogP contribution in [-0.2, 0) is 20.9 Å². The third kappa shape index (κ3) is 20.6. The monoisotopic (exact) mass is 456 g/mol. The van der Waals surface area contributed by atoms with Crippen LogP contribution in [0.2, 0.25) is 0 Å². The smallest absolute Gasteiger partial charge is 0.147 e. The summed E-state index contributed by atoms with van der Waals surface area (Å²) in [5.74, 6) is 0. The average molecular weight is 457 g/mol. The van der Waals surface area contributed by atoms with Gasteiger partial charge in [-0.25, -0.2) is 0 Å². The number of ether oxygens (including phenoxy) is 2. The van der Waals surface area contributed by atoms with Gasteiger partial charge in [-0.1, -0.05) is 106 Å². The number of benzene rings is 1. The minimum Gasteiger partial charge on any atom is -0.352 e. The maximum atomic E-state index is 10.2. The van der Waals surface area contributed by atoms with Gasteiger partial charge in [-0.15, -0.1) is 0 Å². The number of unbranched alkanes of at least 4 members (excludes halogenated alkanes) is 12. The second kappa shape index (κ2) is 23.4. The van der Waals surface area contributed by atoms with Gasteiger partial charge in [0.1, 0.15) is 13.1 Å². The lowest BCUT2D eigenvalue weighted by Gasteiger charge is -2.11. The molecule has 1 atom stereocenters. The van der Waals surface area contributed by atoms with Gasteiger partial charge in [0.05, 0.1) is 12.7 Å². The zero-order valence-corrected chi connectivity index (χ0v) is 21.1. The minimum atomic E-state index is 0.181. The molecule has 0 bridgehead atoms. The average Bonchev–Trinajstić information content (AvgIpc) is 2.84. The van der Waals surface area contributed by atoms with Crippen molar-refractivity contribution in [3.05, 3.63) is 60.2 Å². The second-order valence-electron chi connectivity index (χ2n) is 8.96. The molecule has 0 aliphatic rings. The van der Waals surface area contributed by atoms with Crippen LogP contribution in [0, 0.1) is 0 Å². The van der Waals surface area contributed by atoms with E-state index in [2.05, 4.69) is 43.4 Å². The van der Waals surface area contributed by atoms with E-state index in [0.717, 1.165) is 38.4 Å². The standard InChI is InChI=1S/C30H48O3/c1-29(33-28-32-27-30-24-20-18-21-25-30)23-19-16-14-12-10-8-6-4-2-3-5-7-9-11-13-15-17-22-26-31/h8,10,16,18-21,24-26,29H,2-7,9,11-15,17,22-23,27-28H2,1H3/b10-8+,19-16+/t29-/m0/s1. The molecule has 0 radical (unpaired) electrons. The van der Waals surface area contributed by atoms with Crippen LogP contribution in [0.1, 0.15) is 109 Å². The lowest BCUT2D eigenvalue weighted by molar-refractivity contribution is -0.107. The van der Waals surface area contributed by atoms with Crippen molar-refractivity contribution in [3.63, 3.8) is 0 Å². The van der Waals surface area contributed by atoms with Crippen molar-refractivity contribution in [1.82, 2.24) is 0 Å². The SMILES string of the molecule is C[C@@H](C/C=C/CC/C=C/CCCCCCCCCCCCC=O)OCOCc1ccccc1. The second-order valence-corrected chi connectivity index (χ2v) is 8.96. The molecule has 0 N–H and O–H groups in total. The predicted octanol–water partition coefficient (Wildman–Crippen LogP) is 8.73. The van der Waals surface area contributed by atoms with Crippen molar-refractivity contribution in [2.75, 3.05) is 6.79 Å². The first-order chi connectivity index (χ1) is 16.3. The lowest BCUT2D eigenvalue weighted by Crippen LogP contribution is -2.10. The Balaban J connectivity index is 1.80. The highest BCUT2D eigenvalue weighted by atomic mass is 16.7. The fraction of sp³-hybridized carbons (Fsp3) is 0.633. The van der Waals surface area contributed by atoms with E-state index in [4.69, 9.17) is 9.47 Å². The lowest BCUT2D eigenvalue weighted by atomic mass is 10.1. The molecule has 0 fully saturated rings. The van der Waals surface area contributed by atoms with E-state index in [1.54, 1.807) is 0 Å². The third-order valence-corrected chi connectivity index (χ3v) is 5.79. The summed E-state index contributed by atoms with van der Waals surface area (Å²) in [6, 6.07) is 10.2. The van der Waals surface area contributed by atoms with Gasteiger partial charge >= 0.3 is 0 Å². The minimum absolute atomic E-state index is 0.181. The normalized spacial score (nSPS) is 12.6. The van der Waals surface area contributed by atoms with Crippen LogP contribution in [0.25, 0.3) is 0 Å². The molecule has 0 amide bonds. The Morgan fingerprint density at radius 2 is 1.24 bits per heavy atom. The number of hydrogen-bond donors (Lipinski definition) is 0. The highest BCUT2D eigenvalue weighted by Gasteiger charge is 1.99. The molecule has 33 heavy (non-hydrogen) atoms. The first-order valence-electron chi connectivity index (χ1n) is 13.3. The van der Waals surface area contributed by atoms with Crippen LogP contribution in [0.3, 0.4) is 0 Å². The topological polar surface area (TPSA) is 35.5 Å². The number of carbonyl (C=O) groups excluding carboxylic acids is 1. The summed E-state index contributed by atoms with van der Waals surface area (Å²) in [6.07, 6.45) is 28.6. The number of aldehydes is 1. The largest absolute Gasteiger partial charge is 0.352 e. The molecular weight excluding hydrogens is 408 g/mol. The molecule has 1 aromatic carbocycles. The maximum Gasteiger partial charge on any atom is 0.147 e. The van der Waals surface area contributed by atoms with E-state index < -0.39 is 0 Å². The molecule has 0 unspecified atom stereocenters. The molecule has 3 heteroatoms. The number of rotatable bonds is 23. The van der Waals surface area contributed by atoms with E-state index in [-0.39, 0.29) is 6.10 Å². The molecule has 0 aromatic heterocycles. The van der Waals surface area contributed by atoms with Gasteiger partial charge in [0, 0.05) is 6.42 Å². The summed E-state index contributed by atoms with van der Waals surface area (Å²) < 4.78 is 11.3.